The van der Waals surface area contributed by atoms with Crippen LogP contribution in [0, 0.1) is 0 Å². The molecule has 4 nitrogen and oxygen atoms in total. The number of esters is 1. The Morgan fingerprint density at radius 3 is 3.08 bits per heavy atom. The van der Waals surface area contributed by atoms with Crippen LogP contribution in [0.4, 0.5) is 0 Å². The van der Waals surface area contributed by atoms with Crippen LogP contribution in [0.25, 0.3) is 0 Å². The summed E-state index contributed by atoms with van der Waals surface area (Å²) in [4.78, 5) is 10.9. The van der Waals surface area contributed by atoms with Gasteiger partial charge in [0.05, 0.1) is 25.7 Å². The molecule has 1 heterocycles. The summed E-state index contributed by atoms with van der Waals surface area (Å²) in [6.45, 7) is 4.65. The third-order valence-electron chi connectivity index (χ3n) is 1.98. The summed E-state index contributed by atoms with van der Waals surface area (Å²) in [5.74, 6) is -0.173. The summed E-state index contributed by atoms with van der Waals surface area (Å²) in [5, 5.41) is 3.19. The maximum Gasteiger partial charge on any atom is 0.308 e. The second kappa shape index (κ2) is 5.94. The van der Waals surface area contributed by atoms with E-state index in [4.69, 9.17) is 9.47 Å². The molecule has 76 valence electrons. The van der Waals surface area contributed by atoms with Crippen LogP contribution in [0.15, 0.2) is 0 Å². The summed E-state index contributed by atoms with van der Waals surface area (Å²) in [6.07, 6.45) is 1.70. The number of carbonyl (C=O) groups excluding carboxylic acids is 1. The lowest BCUT2D eigenvalue weighted by molar-refractivity contribution is -0.144. The van der Waals surface area contributed by atoms with Gasteiger partial charge >= 0.3 is 5.97 Å². The van der Waals surface area contributed by atoms with E-state index >= 15 is 0 Å². The fourth-order valence-corrected chi connectivity index (χ4v) is 1.31. The second-order valence-corrected chi connectivity index (χ2v) is 3.04. The first-order valence-electron chi connectivity index (χ1n) is 4.81. The van der Waals surface area contributed by atoms with E-state index in [-0.39, 0.29) is 12.1 Å². The number of carbonyl (C=O) groups is 1. The molecular formula is C9H17NO3. The lowest BCUT2D eigenvalue weighted by Gasteiger charge is -2.09. The molecule has 0 aromatic carbocycles. The van der Waals surface area contributed by atoms with Gasteiger partial charge in [-0.05, 0) is 19.9 Å². The van der Waals surface area contributed by atoms with Crippen LogP contribution in [0.5, 0.6) is 0 Å². The number of hydrogen-bond donors (Lipinski definition) is 1. The molecule has 0 amide bonds. The van der Waals surface area contributed by atoms with Crippen molar-refractivity contribution in [3.63, 3.8) is 0 Å². The number of ether oxygens (including phenoxy) is 2. The minimum absolute atomic E-state index is 0.173. The SMILES string of the molecule is CCOC(=O)CCO[C@@H]1CCNC1. The number of rotatable bonds is 5. The number of nitrogens with one attached hydrogen (secondary N) is 1. The van der Waals surface area contributed by atoms with Gasteiger partial charge in [0.25, 0.3) is 0 Å². The fourth-order valence-electron chi connectivity index (χ4n) is 1.31. The van der Waals surface area contributed by atoms with Gasteiger partial charge in [-0.1, -0.05) is 0 Å². The Morgan fingerprint density at radius 2 is 2.46 bits per heavy atom. The smallest absolute Gasteiger partial charge is 0.308 e. The maximum absolute atomic E-state index is 10.9. The first-order valence-corrected chi connectivity index (χ1v) is 4.81. The van der Waals surface area contributed by atoms with Crippen LogP contribution in [-0.4, -0.2) is 38.4 Å². The molecule has 1 aliphatic heterocycles. The molecular weight excluding hydrogens is 170 g/mol. The maximum atomic E-state index is 10.9. The predicted octanol–water partition coefficient (Wildman–Crippen LogP) is 0.318. The highest BCUT2D eigenvalue weighted by atomic mass is 16.5. The summed E-state index contributed by atoms with van der Waals surface area (Å²) >= 11 is 0. The highest BCUT2D eigenvalue weighted by molar-refractivity contribution is 5.69. The minimum Gasteiger partial charge on any atom is -0.466 e. The quantitative estimate of drug-likeness (QED) is 0.630. The molecule has 0 aliphatic carbocycles. The van der Waals surface area contributed by atoms with Crippen LogP contribution in [0.3, 0.4) is 0 Å². The van der Waals surface area contributed by atoms with Gasteiger partial charge in [0.2, 0.25) is 0 Å². The van der Waals surface area contributed by atoms with E-state index in [1.165, 1.54) is 0 Å². The molecule has 1 rings (SSSR count). The van der Waals surface area contributed by atoms with Gasteiger partial charge in [-0.2, -0.15) is 0 Å². The molecule has 0 saturated carbocycles. The first-order chi connectivity index (χ1) is 6.33. The van der Waals surface area contributed by atoms with Gasteiger partial charge in [-0.15, -0.1) is 0 Å². The van der Waals surface area contributed by atoms with E-state index in [0.717, 1.165) is 19.5 Å². The Morgan fingerprint density at radius 1 is 1.62 bits per heavy atom. The molecule has 0 unspecified atom stereocenters. The van der Waals surface area contributed by atoms with Crippen molar-refractivity contribution in [2.24, 2.45) is 0 Å². The lowest BCUT2D eigenvalue weighted by Crippen LogP contribution is -2.18. The molecule has 1 saturated heterocycles. The van der Waals surface area contributed by atoms with E-state index in [2.05, 4.69) is 5.32 Å². The van der Waals surface area contributed by atoms with Crippen molar-refractivity contribution >= 4 is 5.97 Å². The molecule has 1 atom stereocenters. The van der Waals surface area contributed by atoms with Crippen molar-refractivity contribution in [2.75, 3.05) is 26.3 Å². The van der Waals surface area contributed by atoms with E-state index < -0.39 is 0 Å². The summed E-state index contributed by atoms with van der Waals surface area (Å²) in [5.41, 5.74) is 0. The second-order valence-electron chi connectivity index (χ2n) is 3.04. The first kappa shape index (κ1) is 10.5. The topological polar surface area (TPSA) is 47.6 Å². The van der Waals surface area contributed by atoms with Gasteiger partial charge in [-0.25, -0.2) is 0 Å². The Kier molecular flexibility index (Phi) is 4.78. The third-order valence-corrected chi connectivity index (χ3v) is 1.98. The average molecular weight is 187 g/mol. The zero-order chi connectivity index (χ0) is 9.52. The van der Waals surface area contributed by atoms with Crippen LogP contribution in [-0.2, 0) is 14.3 Å². The van der Waals surface area contributed by atoms with E-state index in [0.29, 0.717) is 19.6 Å². The molecule has 0 bridgehead atoms. The monoisotopic (exact) mass is 187 g/mol. The lowest BCUT2D eigenvalue weighted by atomic mass is 10.3. The van der Waals surface area contributed by atoms with Crippen LogP contribution in [0.1, 0.15) is 19.8 Å². The highest BCUT2D eigenvalue weighted by Gasteiger charge is 2.14. The summed E-state index contributed by atoms with van der Waals surface area (Å²) in [7, 11) is 0. The van der Waals surface area contributed by atoms with Gasteiger partial charge < -0.3 is 14.8 Å². The van der Waals surface area contributed by atoms with Crippen molar-refractivity contribution in [3.05, 3.63) is 0 Å². The predicted molar refractivity (Wildman–Crippen MR) is 48.5 cm³/mol. The van der Waals surface area contributed by atoms with Gasteiger partial charge in [0, 0.05) is 6.54 Å². The van der Waals surface area contributed by atoms with E-state index in [9.17, 15) is 4.79 Å². The highest BCUT2D eigenvalue weighted by Crippen LogP contribution is 2.03. The molecule has 1 fully saturated rings. The van der Waals surface area contributed by atoms with Crippen molar-refractivity contribution in [2.45, 2.75) is 25.9 Å². The third kappa shape index (κ3) is 4.24. The Labute approximate surface area is 78.6 Å². The van der Waals surface area contributed by atoms with E-state index in [1.54, 1.807) is 6.92 Å². The summed E-state index contributed by atoms with van der Waals surface area (Å²) < 4.78 is 10.2. The molecule has 4 heteroatoms. The average Bonchev–Trinajstić information content (AvgIpc) is 2.57. The van der Waals surface area contributed by atoms with Crippen molar-refractivity contribution < 1.29 is 14.3 Å². The largest absolute Gasteiger partial charge is 0.466 e. The van der Waals surface area contributed by atoms with E-state index in [1.807, 2.05) is 0 Å². The van der Waals surface area contributed by atoms with Gasteiger partial charge in [-0.3, -0.25) is 4.79 Å². The molecule has 1 N–H and O–H groups in total. The van der Waals surface area contributed by atoms with Gasteiger partial charge in [0.15, 0.2) is 0 Å². The zero-order valence-corrected chi connectivity index (χ0v) is 8.04. The fraction of sp³-hybridized carbons (Fsp3) is 0.889. The van der Waals surface area contributed by atoms with Crippen molar-refractivity contribution in [1.29, 1.82) is 0 Å². The zero-order valence-electron chi connectivity index (χ0n) is 8.04. The number of hydrogen-bond acceptors (Lipinski definition) is 4. The Bertz CT molecular complexity index is 155. The minimum atomic E-state index is -0.173. The van der Waals surface area contributed by atoms with Crippen molar-refractivity contribution in [1.82, 2.24) is 5.32 Å². The normalized spacial score (nSPS) is 21.8. The molecule has 1 aliphatic rings. The van der Waals surface area contributed by atoms with Crippen LogP contribution >= 0.6 is 0 Å². The summed E-state index contributed by atoms with van der Waals surface area (Å²) in [6, 6.07) is 0. The molecule has 0 radical (unpaired) electrons. The van der Waals surface area contributed by atoms with Gasteiger partial charge in [0.1, 0.15) is 0 Å². The van der Waals surface area contributed by atoms with Crippen LogP contribution in [0.2, 0.25) is 0 Å². The van der Waals surface area contributed by atoms with Crippen molar-refractivity contribution in [3.8, 4) is 0 Å². The molecule has 0 spiro atoms. The van der Waals surface area contributed by atoms with Crippen LogP contribution < -0.4 is 5.32 Å². The molecule has 0 aromatic heterocycles. The molecule has 13 heavy (non-hydrogen) atoms. The Hall–Kier alpha value is -0.610. The Balaban J connectivity index is 1.96. The molecule has 0 aromatic rings. The standard InChI is InChI=1S/C9H17NO3/c1-2-12-9(11)4-6-13-8-3-5-10-7-8/h8,10H,2-7H2,1H3/t8-/m1/s1.